The molecular formula is C13H15N3O3S. The Balaban J connectivity index is 1.80. The molecule has 0 unspecified atom stereocenters. The van der Waals surface area contributed by atoms with Gasteiger partial charge in [0.25, 0.3) is 0 Å². The summed E-state index contributed by atoms with van der Waals surface area (Å²) in [5.74, 6) is 1.48. The molecule has 106 valence electrons. The number of carbonyl (C=O) groups is 1. The van der Waals surface area contributed by atoms with Crippen molar-refractivity contribution < 1.29 is 13.2 Å². The highest BCUT2D eigenvalue weighted by Crippen LogP contribution is 2.22. The van der Waals surface area contributed by atoms with E-state index in [0.717, 1.165) is 6.29 Å². The lowest BCUT2D eigenvalue weighted by atomic mass is 9.99. The molecule has 0 aliphatic carbocycles. The highest BCUT2D eigenvalue weighted by molar-refractivity contribution is 7.91. The van der Waals surface area contributed by atoms with Gasteiger partial charge < -0.3 is 0 Å². The molecule has 1 aliphatic rings. The zero-order chi connectivity index (χ0) is 14.2. The summed E-state index contributed by atoms with van der Waals surface area (Å²) in [7, 11) is -2.84. The van der Waals surface area contributed by atoms with Crippen LogP contribution in [0.15, 0.2) is 18.3 Å². The number of pyridine rings is 1. The maximum absolute atomic E-state index is 11.4. The molecule has 0 N–H and O–H groups in total. The van der Waals surface area contributed by atoms with Crippen molar-refractivity contribution in [3.8, 4) is 0 Å². The zero-order valence-corrected chi connectivity index (χ0v) is 11.7. The van der Waals surface area contributed by atoms with Crippen LogP contribution >= 0.6 is 0 Å². The maximum Gasteiger partial charge on any atom is 0.166 e. The summed E-state index contributed by atoms with van der Waals surface area (Å²) < 4.78 is 24.4. The number of nitrogens with zero attached hydrogens (tertiary/aromatic N) is 3. The molecule has 2 aromatic rings. The first-order valence-electron chi connectivity index (χ1n) is 6.57. The van der Waals surface area contributed by atoms with Crippen LogP contribution in [0.3, 0.4) is 0 Å². The van der Waals surface area contributed by atoms with Crippen molar-refractivity contribution in [1.82, 2.24) is 14.6 Å². The molecule has 2 aromatic heterocycles. The molecule has 0 spiro atoms. The van der Waals surface area contributed by atoms with Gasteiger partial charge in [-0.3, -0.25) is 4.79 Å². The fourth-order valence-electron chi connectivity index (χ4n) is 2.55. The van der Waals surface area contributed by atoms with Gasteiger partial charge in [0.05, 0.1) is 17.1 Å². The predicted molar refractivity (Wildman–Crippen MR) is 73.5 cm³/mol. The topological polar surface area (TPSA) is 81.4 Å². The Bertz CT molecular complexity index is 737. The fraction of sp³-hybridized carbons (Fsp3) is 0.462. The molecule has 0 aromatic carbocycles. The minimum absolute atomic E-state index is 0.255. The van der Waals surface area contributed by atoms with Crippen molar-refractivity contribution in [3.63, 3.8) is 0 Å². The van der Waals surface area contributed by atoms with Crippen LogP contribution in [0, 0.1) is 5.92 Å². The van der Waals surface area contributed by atoms with Crippen molar-refractivity contribution >= 4 is 21.8 Å². The van der Waals surface area contributed by atoms with Crippen LogP contribution in [0.4, 0.5) is 0 Å². The Labute approximate surface area is 116 Å². The monoisotopic (exact) mass is 293 g/mol. The predicted octanol–water partition coefficient (Wildman–Crippen LogP) is 0.909. The van der Waals surface area contributed by atoms with Crippen molar-refractivity contribution in [2.24, 2.45) is 5.92 Å². The lowest BCUT2D eigenvalue weighted by Gasteiger charge is -2.20. The van der Waals surface area contributed by atoms with Crippen LogP contribution in [-0.2, 0) is 16.3 Å². The summed E-state index contributed by atoms with van der Waals surface area (Å²) in [4.78, 5) is 15.3. The SMILES string of the molecule is O=Cc1cccn2nc(CC3CCS(=O)(=O)CC3)nc12. The van der Waals surface area contributed by atoms with E-state index in [1.165, 1.54) is 0 Å². The molecule has 3 heterocycles. The van der Waals surface area contributed by atoms with Gasteiger partial charge in [-0.25, -0.2) is 17.9 Å². The van der Waals surface area contributed by atoms with Crippen molar-refractivity contribution in [2.75, 3.05) is 11.5 Å². The smallest absolute Gasteiger partial charge is 0.166 e. The van der Waals surface area contributed by atoms with Gasteiger partial charge in [0.2, 0.25) is 0 Å². The Kier molecular flexibility index (Phi) is 3.29. The van der Waals surface area contributed by atoms with E-state index in [0.29, 0.717) is 42.2 Å². The number of hydrogen-bond acceptors (Lipinski definition) is 5. The molecule has 1 aliphatic heterocycles. The van der Waals surface area contributed by atoms with Gasteiger partial charge in [-0.15, -0.1) is 0 Å². The molecule has 20 heavy (non-hydrogen) atoms. The van der Waals surface area contributed by atoms with Crippen molar-refractivity contribution in [3.05, 3.63) is 29.7 Å². The summed E-state index contributed by atoms with van der Waals surface area (Å²) in [6, 6.07) is 3.45. The Hall–Kier alpha value is -1.76. The van der Waals surface area contributed by atoms with Crippen molar-refractivity contribution in [1.29, 1.82) is 0 Å². The number of carbonyl (C=O) groups excluding carboxylic acids is 1. The van der Waals surface area contributed by atoms with E-state index in [1.807, 2.05) is 0 Å². The summed E-state index contributed by atoms with van der Waals surface area (Å²) in [5, 5.41) is 4.35. The number of aldehydes is 1. The molecule has 6 nitrogen and oxygen atoms in total. The van der Waals surface area contributed by atoms with E-state index in [1.54, 1.807) is 22.8 Å². The van der Waals surface area contributed by atoms with Gasteiger partial charge in [-0.05, 0) is 30.9 Å². The molecule has 1 saturated heterocycles. The summed E-state index contributed by atoms with van der Waals surface area (Å²) in [5.41, 5.74) is 1.07. The third kappa shape index (κ3) is 2.58. The fourth-order valence-corrected chi connectivity index (χ4v) is 4.14. The number of aromatic nitrogens is 3. The van der Waals surface area contributed by atoms with Crippen molar-refractivity contribution in [2.45, 2.75) is 19.3 Å². The number of rotatable bonds is 3. The zero-order valence-electron chi connectivity index (χ0n) is 10.9. The van der Waals surface area contributed by atoms with Crippen LogP contribution in [-0.4, -0.2) is 40.8 Å². The minimum atomic E-state index is -2.84. The van der Waals surface area contributed by atoms with Crippen LogP contribution in [0.25, 0.3) is 5.65 Å². The first kappa shape index (κ1) is 13.2. The van der Waals surface area contributed by atoms with Crippen LogP contribution in [0.5, 0.6) is 0 Å². The quantitative estimate of drug-likeness (QED) is 0.786. The van der Waals surface area contributed by atoms with E-state index in [2.05, 4.69) is 10.1 Å². The summed E-state index contributed by atoms with van der Waals surface area (Å²) >= 11 is 0. The molecule has 3 rings (SSSR count). The third-order valence-corrected chi connectivity index (χ3v) is 5.42. The van der Waals surface area contributed by atoms with Gasteiger partial charge in [0.1, 0.15) is 9.84 Å². The van der Waals surface area contributed by atoms with Gasteiger partial charge in [0.15, 0.2) is 17.8 Å². The normalized spacial score (nSPS) is 19.2. The van der Waals surface area contributed by atoms with E-state index >= 15 is 0 Å². The third-order valence-electron chi connectivity index (χ3n) is 3.71. The Morgan fingerprint density at radius 1 is 1.35 bits per heavy atom. The number of sulfone groups is 1. The lowest BCUT2D eigenvalue weighted by Crippen LogP contribution is -2.24. The molecule has 1 fully saturated rings. The second-order valence-electron chi connectivity index (χ2n) is 5.18. The van der Waals surface area contributed by atoms with E-state index in [4.69, 9.17) is 0 Å². The average Bonchev–Trinajstić information content (AvgIpc) is 2.83. The molecule has 7 heteroatoms. The first-order valence-corrected chi connectivity index (χ1v) is 8.39. The molecule has 0 amide bonds. The summed E-state index contributed by atoms with van der Waals surface area (Å²) in [6.45, 7) is 0. The van der Waals surface area contributed by atoms with E-state index in [9.17, 15) is 13.2 Å². The van der Waals surface area contributed by atoms with Crippen LogP contribution in [0.1, 0.15) is 29.0 Å². The number of hydrogen-bond donors (Lipinski definition) is 0. The Morgan fingerprint density at radius 2 is 2.10 bits per heavy atom. The highest BCUT2D eigenvalue weighted by atomic mass is 32.2. The number of fused-ring (bicyclic) bond motifs is 1. The van der Waals surface area contributed by atoms with Crippen LogP contribution < -0.4 is 0 Å². The molecule has 0 bridgehead atoms. The van der Waals surface area contributed by atoms with E-state index in [-0.39, 0.29) is 11.5 Å². The van der Waals surface area contributed by atoms with Gasteiger partial charge in [-0.1, -0.05) is 0 Å². The summed E-state index contributed by atoms with van der Waals surface area (Å²) in [6.07, 6.45) is 4.51. The van der Waals surface area contributed by atoms with Gasteiger partial charge in [-0.2, -0.15) is 5.10 Å². The Morgan fingerprint density at radius 3 is 2.80 bits per heavy atom. The van der Waals surface area contributed by atoms with Gasteiger partial charge in [0, 0.05) is 12.6 Å². The minimum Gasteiger partial charge on any atom is -0.298 e. The van der Waals surface area contributed by atoms with Gasteiger partial charge >= 0.3 is 0 Å². The average molecular weight is 293 g/mol. The molecular weight excluding hydrogens is 278 g/mol. The molecule has 0 saturated carbocycles. The maximum atomic E-state index is 11.4. The first-order chi connectivity index (χ1) is 9.57. The standard InChI is InChI=1S/C13H15N3O3S/c17-9-11-2-1-5-16-13(11)14-12(15-16)8-10-3-6-20(18,19)7-4-10/h1-2,5,9-10H,3-4,6-8H2. The molecule has 0 atom stereocenters. The largest absolute Gasteiger partial charge is 0.298 e. The van der Waals surface area contributed by atoms with Crippen LogP contribution in [0.2, 0.25) is 0 Å². The molecule has 0 radical (unpaired) electrons. The second kappa shape index (κ2) is 4.97. The second-order valence-corrected chi connectivity index (χ2v) is 7.48. The lowest BCUT2D eigenvalue weighted by molar-refractivity contribution is 0.112. The highest BCUT2D eigenvalue weighted by Gasteiger charge is 2.24. The van der Waals surface area contributed by atoms with E-state index < -0.39 is 9.84 Å².